The molecule has 77 heavy (non-hydrogen) atoms. The number of hydrogen-bond donors (Lipinski definition) is 0. The number of halogens is 1. The van der Waals surface area contributed by atoms with Crippen LogP contribution in [-0.2, 0) is 0 Å². The highest BCUT2D eigenvalue weighted by molar-refractivity contribution is 14.1. The number of para-hydroxylation sites is 3. The van der Waals surface area contributed by atoms with Crippen LogP contribution in [0, 0.1) is 3.57 Å². The highest BCUT2D eigenvalue weighted by atomic mass is 127. The zero-order valence-corrected chi connectivity index (χ0v) is 43.7. The van der Waals surface area contributed by atoms with Gasteiger partial charge in [-0.2, -0.15) is 0 Å². The van der Waals surface area contributed by atoms with Gasteiger partial charge in [0.15, 0.2) is 0 Å². The average Bonchev–Trinajstić information content (AvgIpc) is 4.38. The van der Waals surface area contributed by atoms with Crippen molar-refractivity contribution in [1.29, 1.82) is 0 Å². The minimum absolute atomic E-state index is 1.14. The molecule has 13 aromatic carbocycles. The second-order valence-electron chi connectivity index (χ2n) is 20.7. The molecule has 358 valence electrons. The first kappa shape index (κ1) is 42.9. The summed E-state index contributed by atoms with van der Waals surface area (Å²) >= 11 is 2.41. The molecule has 0 saturated carbocycles. The third-order valence-corrected chi connectivity index (χ3v) is 17.2. The zero-order chi connectivity index (χ0) is 50.5. The number of benzene rings is 12. The fourth-order valence-corrected chi connectivity index (χ4v) is 13.3. The quantitative estimate of drug-likeness (QED) is 0.157. The third kappa shape index (κ3) is 6.38. The van der Waals surface area contributed by atoms with E-state index in [-0.39, 0.29) is 0 Å². The average molecular weight is 1090 g/mol. The number of hydrogen-bond acceptors (Lipinski definition) is 0. The second-order valence-corrected chi connectivity index (χ2v) is 21.9. The highest BCUT2D eigenvalue weighted by Gasteiger charge is 2.19. The summed E-state index contributed by atoms with van der Waals surface area (Å²) in [5.74, 6) is 0. The van der Waals surface area contributed by atoms with Crippen LogP contribution in [0.4, 0.5) is 0 Å². The molecule has 0 unspecified atom stereocenters. The minimum Gasteiger partial charge on any atom is -0.309 e. The van der Waals surface area contributed by atoms with Crippen LogP contribution in [0.1, 0.15) is 0 Å². The monoisotopic (exact) mass is 1090 g/mol. The first-order valence-electron chi connectivity index (χ1n) is 26.3. The molecule has 4 heterocycles. The predicted octanol–water partition coefficient (Wildman–Crippen LogP) is 19.9. The lowest BCUT2D eigenvalue weighted by Gasteiger charge is -2.08. The summed E-state index contributed by atoms with van der Waals surface area (Å²) in [5, 5.41) is 19.3. The summed E-state index contributed by atoms with van der Waals surface area (Å²) in [6.45, 7) is 0. The zero-order valence-electron chi connectivity index (χ0n) is 41.5. The van der Waals surface area contributed by atoms with Gasteiger partial charge in [-0.25, -0.2) is 0 Å². The minimum atomic E-state index is 1.14. The van der Waals surface area contributed by atoms with E-state index in [0.29, 0.717) is 0 Å². The summed E-state index contributed by atoms with van der Waals surface area (Å²) in [6, 6.07) is 97.8. The van der Waals surface area contributed by atoms with Gasteiger partial charge < -0.3 is 18.3 Å². The summed E-state index contributed by atoms with van der Waals surface area (Å²) in [5.41, 5.74) is 14.0. The fraction of sp³-hybridized carbons (Fsp3) is 0. The Kier molecular flexibility index (Phi) is 9.07. The van der Waals surface area contributed by atoms with E-state index in [9.17, 15) is 0 Å². The van der Waals surface area contributed by atoms with Gasteiger partial charge in [0.05, 0.1) is 44.1 Å². The largest absolute Gasteiger partial charge is 0.309 e. The van der Waals surface area contributed by atoms with E-state index in [4.69, 9.17) is 0 Å². The lowest BCUT2D eigenvalue weighted by atomic mass is 10.0. The summed E-state index contributed by atoms with van der Waals surface area (Å²) in [6.07, 6.45) is 0. The van der Waals surface area contributed by atoms with Gasteiger partial charge in [-0.3, -0.25) is 0 Å². The van der Waals surface area contributed by atoms with E-state index in [2.05, 4.69) is 302 Å². The summed E-state index contributed by atoms with van der Waals surface area (Å²) in [7, 11) is 0. The van der Waals surface area contributed by atoms with Crippen LogP contribution < -0.4 is 0 Å². The van der Waals surface area contributed by atoms with Crippen LogP contribution in [-0.4, -0.2) is 18.3 Å². The van der Waals surface area contributed by atoms with Crippen LogP contribution in [0.2, 0.25) is 0 Å². The van der Waals surface area contributed by atoms with Crippen molar-refractivity contribution in [1.82, 2.24) is 18.3 Å². The lowest BCUT2D eigenvalue weighted by Crippen LogP contribution is -1.93. The molecule has 4 nitrogen and oxygen atoms in total. The molecule has 0 aliphatic carbocycles. The van der Waals surface area contributed by atoms with Gasteiger partial charge in [-0.1, -0.05) is 103 Å². The molecule has 4 aromatic heterocycles. The molecular weight excluding hydrogens is 1050 g/mol. The van der Waals surface area contributed by atoms with E-state index < -0.39 is 0 Å². The van der Waals surface area contributed by atoms with Gasteiger partial charge in [0, 0.05) is 69.4 Å². The van der Waals surface area contributed by atoms with Crippen LogP contribution >= 0.6 is 22.6 Å². The summed E-state index contributed by atoms with van der Waals surface area (Å²) < 4.78 is 10.9. The Morgan fingerprint density at radius 1 is 0.182 bits per heavy atom. The maximum absolute atomic E-state index is 2.44. The molecule has 0 amide bonds. The van der Waals surface area contributed by atoms with Gasteiger partial charge in [-0.05, 0) is 223 Å². The van der Waals surface area contributed by atoms with Gasteiger partial charge in [0.1, 0.15) is 0 Å². The second kappa shape index (κ2) is 16.3. The van der Waals surface area contributed by atoms with E-state index >= 15 is 0 Å². The van der Waals surface area contributed by atoms with Crippen molar-refractivity contribution >= 4 is 153 Å². The Labute approximate surface area is 455 Å². The molecule has 0 N–H and O–H groups in total. The predicted molar refractivity (Wildman–Crippen MR) is 335 cm³/mol. The van der Waals surface area contributed by atoms with E-state index in [0.717, 1.165) is 22.7 Å². The SMILES string of the molecule is Ic1ccc(-n2c3ccc4cc3c3cc(ccc32)c2ccc3c(c2)c2cc(ccc2n3-c2ccccc2)c2ccc3c(c2)c2cc(ccc2n3-c2ccccc2)c2ccc3c(c2)c2cc4ccc2n3-c2ccccc2)cc1. The maximum Gasteiger partial charge on any atom is 0.0541 e. The molecule has 0 fully saturated rings. The smallest absolute Gasteiger partial charge is 0.0541 e. The van der Waals surface area contributed by atoms with Crippen LogP contribution in [0.15, 0.2) is 261 Å². The molecule has 0 atom stereocenters. The van der Waals surface area contributed by atoms with E-state index in [1.54, 1.807) is 0 Å². The van der Waals surface area contributed by atoms with Crippen molar-refractivity contribution in [2.24, 2.45) is 0 Å². The molecule has 0 aliphatic rings. The Morgan fingerprint density at radius 2 is 0.364 bits per heavy atom. The Hall–Kier alpha value is -9.43. The van der Waals surface area contributed by atoms with E-state index in [1.165, 1.54) is 134 Å². The van der Waals surface area contributed by atoms with Crippen molar-refractivity contribution in [2.75, 3.05) is 0 Å². The molecule has 0 radical (unpaired) electrons. The molecule has 0 aliphatic heterocycles. The molecular formula is C72H43IN4. The molecule has 0 spiro atoms. The number of nitrogens with zero attached hydrogens (tertiary/aromatic N) is 4. The third-order valence-electron chi connectivity index (χ3n) is 16.5. The molecule has 0 saturated heterocycles. The normalized spacial score (nSPS) is 12.2. The fourth-order valence-electron chi connectivity index (χ4n) is 13.0. The Morgan fingerprint density at radius 3 is 0.558 bits per heavy atom. The van der Waals surface area contributed by atoms with E-state index in [1.807, 2.05) is 0 Å². The van der Waals surface area contributed by atoms with Crippen molar-refractivity contribution in [3.8, 4) is 22.7 Å². The standard InChI is InChI=1S/C72H43IN4/c73-52-24-26-56(27-25-52)77-71-34-22-50-42-63(71)64-43-51(23-35-72(64)77)49-21-33-70-62(41-49)60-39-47(19-31-68(60)76(70)55-14-8-3-9-15-55)45-17-29-66-58(37-45)57-36-44(16-28-65(57)74(66)53-10-4-1-5-11-53)46-18-30-67-59(38-46)61-40-48(50)20-32-69(61)75(67)54-12-6-2-7-13-54/h1-43H. The molecule has 17 rings (SSSR count). The Balaban J connectivity index is 1.04. The first-order chi connectivity index (χ1) is 38.1. The van der Waals surface area contributed by atoms with Crippen LogP contribution in [0.3, 0.4) is 0 Å². The highest BCUT2D eigenvalue weighted by Crippen LogP contribution is 2.42. The van der Waals surface area contributed by atoms with Gasteiger partial charge >= 0.3 is 0 Å². The molecule has 17 aromatic rings. The van der Waals surface area contributed by atoms with Gasteiger partial charge in [0.25, 0.3) is 0 Å². The number of rotatable bonds is 4. The summed E-state index contributed by atoms with van der Waals surface area (Å²) in [4.78, 5) is 0. The van der Waals surface area contributed by atoms with Crippen LogP contribution in [0.25, 0.3) is 153 Å². The first-order valence-corrected chi connectivity index (χ1v) is 27.4. The van der Waals surface area contributed by atoms with Crippen molar-refractivity contribution in [3.05, 3.63) is 264 Å². The number of fused-ring (bicyclic) bond motifs is 12. The van der Waals surface area contributed by atoms with Crippen molar-refractivity contribution in [3.63, 3.8) is 0 Å². The van der Waals surface area contributed by atoms with Gasteiger partial charge in [0.2, 0.25) is 0 Å². The maximum atomic E-state index is 2.44. The topological polar surface area (TPSA) is 19.7 Å². The Bertz CT molecular complexity index is 5080. The van der Waals surface area contributed by atoms with Gasteiger partial charge in [-0.15, -0.1) is 0 Å². The van der Waals surface area contributed by atoms with Crippen molar-refractivity contribution < 1.29 is 0 Å². The molecule has 16 bridgehead atoms. The number of aromatic nitrogens is 4. The lowest BCUT2D eigenvalue weighted by molar-refractivity contribution is 1.18. The van der Waals surface area contributed by atoms with Crippen LogP contribution in [0.5, 0.6) is 0 Å². The molecule has 5 heteroatoms. The van der Waals surface area contributed by atoms with Crippen molar-refractivity contribution in [2.45, 2.75) is 0 Å².